The highest BCUT2D eigenvalue weighted by Crippen LogP contribution is 2.38. The smallest absolute Gasteiger partial charge is 0.210 e. The standard InChI is InChI=1S/C20H22N4O2S2/c21-28(25,26)13-12-22-19-18-15-8-4-5-9-16(15)27-20(18)24-17(23-19)11-10-14-6-2-1-3-7-14/h1-3,6-7,10-11H,4-5,8-9,12-13H2,(H2,21,25,26)(H,22,23,24)/b11-10+. The molecule has 1 aliphatic carbocycles. The summed E-state index contributed by atoms with van der Waals surface area (Å²) in [5.74, 6) is 1.16. The first-order valence-corrected chi connectivity index (χ1v) is 11.8. The van der Waals surface area contributed by atoms with Gasteiger partial charge in [-0.05, 0) is 42.9 Å². The highest BCUT2D eigenvalue weighted by Gasteiger charge is 2.21. The molecule has 3 N–H and O–H groups in total. The number of nitrogens with two attached hydrogens (primary N) is 1. The molecule has 0 spiro atoms. The van der Waals surface area contributed by atoms with Crippen LogP contribution in [0.3, 0.4) is 0 Å². The molecule has 0 amide bonds. The summed E-state index contributed by atoms with van der Waals surface area (Å²) in [5.41, 5.74) is 2.38. The topological polar surface area (TPSA) is 98.0 Å². The average molecular weight is 415 g/mol. The lowest BCUT2D eigenvalue weighted by Crippen LogP contribution is -2.22. The monoisotopic (exact) mass is 414 g/mol. The maximum absolute atomic E-state index is 11.3. The minimum Gasteiger partial charge on any atom is -0.368 e. The maximum atomic E-state index is 11.3. The molecule has 0 atom stereocenters. The number of fused-ring (bicyclic) bond motifs is 3. The predicted molar refractivity (Wildman–Crippen MR) is 116 cm³/mol. The van der Waals surface area contributed by atoms with Gasteiger partial charge in [0.1, 0.15) is 10.6 Å². The number of aryl methyl sites for hydroxylation is 2. The van der Waals surface area contributed by atoms with Crippen molar-refractivity contribution in [3.05, 3.63) is 52.2 Å². The van der Waals surface area contributed by atoms with Gasteiger partial charge < -0.3 is 5.32 Å². The molecule has 2 heterocycles. The first-order chi connectivity index (χ1) is 13.5. The lowest BCUT2D eigenvalue weighted by Gasteiger charge is -2.12. The molecule has 8 heteroatoms. The molecule has 0 bridgehead atoms. The van der Waals surface area contributed by atoms with Crippen molar-refractivity contribution in [1.29, 1.82) is 0 Å². The summed E-state index contributed by atoms with van der Waals surface area (Å²) in [4.78, 5) is 11.7. The summed E-state index contributed by atoms with van der Waals surface area (Å²) in [6, 6.07) is 9.98. The summed E-state index contributed by atoms with van der Waals surface area (Å²) in [7, 11) is -3.53. The van der Waals surface area contributed by atoms with Crippen LogP contribution in [0, 0.1) is 0 Å². The molecule has 1 aromatic carbocycles. The van der Waals surface area contributed by atoms with Gasteiger partial charge in [-0.15, -0.1) is 11.3 Å². The van der Waals surface area contributed by atoms with Gasteiger partial charge in [0.05, 0.1) is 11.1 Å². The van der Waals surface area contributed by atoms with Crippen LogP contribution < -0.4 is 10.5 Å². The van der Waals surface area contributed by atoms with Crippen LogP contribution in [-0.2, 0) is 22.9 Å². The van der Waals surface area contributed by atoms with E-state index < -0.39 is 10.0 Å². The second-order valence-corrected chi connectivity index (χ2v) is 9.68. The summed E-state index contributed by atoms with van der Waals surface area (Å²) in [6.07, 6.45) is 8.30. The fourth-order valence-corrected chi connectivity index (χ4v) is 5.08. The molecule has 0 aliphatic heterocycles. The van der Waals surface area contributed by atoms with Gasteiger partial charge >= 0.3 is 0 Å². The minimum absolute atomic E-state index is 0.139. The maximum Gasteiger partial charge on any atom is 0.210 e. The largest absolute Gasteiger partial charge is 0.368 e. The molecule has 0 radical (unpaired) electrons. The first-order valence-electron chi connectivity index (χ1n) is 9.29. The van der Waals surface area contributed by atoms with E-state index in [1.54, 1.807) is 11.3 Å². The third-order valence-electron chi connectivity index (χ3n) is 4.74. The van der Waals surface area contributed by atoms with Crippen molar-refractivity contribution >= 4 is 49.5 Å². The quantitative estimate of drug-likeness (QED) is 0.644. The van der Waals surface area contributed by atoms with Crippen LogP contribution in [0.15, 0.2) is 30.3 Å². The number of rotatable bonds is 6. The molecule has 0 saturated heterocycles. The Morgan fingerprint density at radius 3 is 2.68 bits per heavy atom. The van der Waals surface area contributed by atoms with Crippen LogP contribution in [0.25, 0.3) is 22.4 Å². The molecule has 0 fully saturated rings. The van der Waals surface area contributed by atoms with Gasteiger partial charge in [-0.3, -0.25) is 0 Å². The van der Waals surface area contributed by atoms with Crippen molar-refractivity contribution in [2.24, 2.45) is 5.14 Å². The van der Waals surface area contributed by atoms with E-state index in [0.29, 0.717) is 11.6 Å². The van der Waals surface area contributed by atoms with Gasteiger partial charge in [0, 0.05) is 11.4 Å². The van der Waals surface area contributed by atoms with Gasteiger partial charge in [-0.25, -0.2) is 23.5 Å². The van der Waals surface area contributed by atoms with E-state index in [-0.39, 0.29) is 12.3 Å². The van der Waals surface area contributed by atoms with Crippen LogP contribution in [0.5, 0.6) is 0 Å². The molecule has 28 heavy (non-hydrogen) atoms. The number of nitrogens with zero attached hydrogens (tertiary/aromatic N) is 2. The van der Waals surface area contributed by atoms with E-state index in [1.165, 1.54) is 16.9 Å². The highest BCUT2D eigenvalue weighted by molar-refractivity contribution is 7.89. The Labute approximate surface area is 168 Å². The average Bonchev–Trinajstić information content (AvgIpc) is 3.05. The number of sulfonamides is 1. The van der Waals surface area contributed by atoms with E-state index >= 15 is 0 Å². The van der Waals surface area contributed by atoms with Crippen LogP contribution in [-0.4, -0.2) is 30.7 Å². The van der Waals surface area contributed by atoms with Crippen molar-refractivity contribution in [2.75, 3.05) is 17.6 Å². The summed E-state index contributed by atoms with van der Waals surface area (Å²) >= 11 is 1.72. The number of aromatic nitrogens is 2. The van der Waals surface area contributed by atoms with Crippen molar-refractivity contribution in [3.63, 3.8) is 0 Å². The lowest BCUT2D eigenvalue weighted by atomic mass is 9.97. The Morgan fingerprint density at radius 2 is 1.89 bits per heavy atom. The molecule has 3 aromatic rings. The Balaban J connectivity index is 1.72. The number of anilines is 1. The van der Waals surface area contributed by atoms with Crippen LogP contribution >= 0.6 is 11.3 Å². The zero-order valence-electron chi connectivity index (χ0n) is 15.4. The van der Waals surface area contributed by atoms with E-state index in [4.69, 9.17) is 10.1 Å². The fraction of sp³-hybridized carbons (Fsp3) is 0.300. The molecule has 4 rings (SSSR count). The summed E-state index contributed by atoms with van der Waals surface area (Å²) in [5, 5.41) is 9.35. The van der Waals surface area contributed by atoms with E-state index in [9.17, 15) is 8.42 Å². The van der Waals surface area contributed by atoms with Gasteiger partial charge in [-0.2, -0.15) is 0 Å². The van der Waals surface area contributed by atoms with Gasteiger partial charge in [0.2, 0.25) is 10.0 Å². The van der Waals surface area contributed by atoms with Crippen LogP contribution in [0.1, 0.15) is 34.7 Å². The SMILES string of the molecule is NS(=O)(=O)CCNc1nc(/C=C/c2ccccc2)nc2sc3c(c12)CCCC3. The molecule has 1 aliphatic rings. The number of benzene rings is 1. The summed E-state index contributed by atoms with van der Waals surface area (Å²) in [6.45, 7) is 0.220. The lowest BCUT2D eigenvalue weighted by molar-refractivity contribution is 0.598. The zero-order valence-corrected chi connectivity index (χ0v) is 17.0. The number of primary sulfonamides is 1. The van der Waals surface area contributed by atoms with Crippen LogP contribution in [0.4, 0.5) is 5.82 Å². The van der Waals surface area contributed by atoms with Crippen molar-refractivity contribution in [1.82, 2.24) is 9.97 Å². The van der Waals surface area contributed by atoms with E-state index in [1.807, 2.05) is 42.5 Å². The Kier molecular flexibility index (Phi) is 5.43. The summed E-state index contributed by atoms with van der Waals surface area (Å²) < 4.78 is 22.6. The fourth-order valence-electron chi connectivity index (χ4n) is 3.42. The normalized spacial score (nSPS) is 14.5. The molecule has 6 nitrogen and oxygen atoms in total. The highest BCUT2D eigenvalue weighted by atomic mass is 32.2. The molecule has 146 valence electrons. The number of hydrogen-bond donors (Lipinski definition) is 2. The predicted octanol–water partition coefficient (Wildman–Crippen LogP) is 3.44. The third kappa shape index (κ3) is 4.40. The van der Waals surface area contributed by atoms with Gasteiger partial charge in [-0.1, -0.05) is 36.4 Å². The minimum atomic E-state index is -3.53. The van der Waals surface area contributed by atoms with Gasteiger partial charge in [0.15, 0.2) is 5.82 Å². The Morgan fingerprint density at radius 1 is 1.11 bits per heavy atom. The molecule has 0 saturated carbocycles. The third-order valence-corrected chi connectivity index (χ3v) is 6.69. The molecule has 0 unspecified atom stereocenters. The first kappa shape index (κ1) is 19.0. The zero-order chi connectivity index (χ0) is 19.6. The van der Waals surface area contributed by atoms with Gasteiger partial charge in [0.25, 0.3) is 0 Å². The second-order valence-electron chi connectivity index (χ2n) is 6.86. The Hall–Kier alpha value is -2.29. The number of hydrogen-bond acceptors (Lipinski definition) is 6. The second kappa shape index (κ2) is 7.98. The number of thiophene rings is 1. The van der Waals surface area contributed by atoms with E-state index in [2.05, 4.69) is 10.3 Å². The molecule has 2 aromatic heterocycles. The van der Waals surface area contributed by atoms with Crippen molar-refractivity contribution in [3.8, 4) is 0 Å². The Bertz CT molecular complexity index is 1120. The van der Waals surface area contributed by atoms with Crippen molar-refractivity contribution < 1.29 is 8.42 Å². The molecular formula is C20H22N4O2S2. The van der Waals surface area contributed by atoms with Crippen molar-refractivity contribution in [2.45, 2.75) is 25.7 Å². The molecular weight excluding hydrogens is 392 g/mol. The van der Waals surface area contributed by atoms with Crippen LogP contribution in [0.2, 0.25) is 0 Å². The number of nitrogens with one attached hydrogen (secondary N) is 1. The van der Waals surface area contributed by atoms with E-state index in [0.717, 1.165) is 35.0 Å².